The summed E-state index contributed by atoms with van der Waals surface area (Å²) < 4.78 is 1.84. The molecule has 0 aliphatic heterocycles. The van der Waals surface area contributed by atoms with Gasteiger partial charge >= 0.3 is 0 Å². The summed E-state index contributed by atoms with van der Waals surface area (Å²) >= 11 is 0. The van der Waals surface area contributed by atoms with Crippen molar-refractivity contribution in [3.63, 3.8) is 0 Å². The topological polar surface area (TPSA) is 29.1 Å². The Kier molecular flexibility index (Phi) is 6.40. The average molecular weight is 367 g/mol. The monoisotopic (exact) mass is 367 g/mol. The molecule has 0 saturated heterocycles. The predicted molar refractivity (Wildman–Crippen MR) is 83.5 cm³/mol. The molecule has 0 spiro atoms. The summed E-state index contributed by atoms with van der Waals surface area (Å²) in [6.45, 7) is 2.10. The first-order chi connectivity index (χ1) is 10.2. The molecular formula is C18H20N3Y-. The number of nitrogens with zero attached hydrogens (tertiary/aromatic N) is 3. The minimum Gasteiger partial charge on any atom is -0.480 e. The third-order valence-corrected chi connectivity index (χ3v) is 4.05. The van der Waals surface area contributed by atoms with Gasteiger partial charge in [-0.3, -0.25) is 0 Å². The van der Waals surface area contributed by atoms with Gasteiger partial charge in [0.15, 0.2) is 7.05 Å². The van der Waals surface area contributed by atoms with Crippen molar-refractivity contribution in [1.29, 1.82) is 0 Å². The van der Waals surface area contributed by atoms with Crippen molar-refractivity contribution in [2.45, 2.75) is 32.6 Å². The quantitative estimate of drug-likeness (QED) is 0.464. The molecule has 0 amide bonds. The van der Waals surface area contributed by atoms with Gasteiger partial charge in [0.1, 0.15) is 5.69 Å². The minimum atomic E-state index is 0. The number of aliphatic imine (C=N–C) groups is 1. The van der Waals surface area contributed by atoms with Gasteiger partial charge in [0.25, 0.3) is 0 Å². The van der Waals surface area contributed by atoms with E-state index in [4.69, 9.17) is 0 Å². The zero-order valence-corrected chi connectivity index (χ0v) is 16.0. The molecule has 22 heavy (non-hydrogen) atoms. The Morgan fingerprint density at radius 1 is 1.27 bits per heavy atom. The Hall–Kier alpha value is -0.926. The Labute approximate surface area is 157 Å². The van der Waals surface area contributed by atoms with Crippen LogP contribution in [0.5, 0.6) is 0 Å². The molecular weight excluding hydrogens is 347 g/mol. The van der Waals surface area contributed by atoms with Crippen LogP contribution in [0, 0.1) is 18.9 Å². The summed E-state index contributed by atoms with van der Waals surface area (Å²) in [4.78, 5) is 4.46. The van der Waals surface area contributed by atoms with Crippen molar-refractivity contribution >= 4 is 11.9 Å². The third kappa shape index (κ3) is 4.08. The second-order valence-electron chi connectivity index (χ2n) is 5.66. The first-order valence-corrected chi connectivity index (χ1v) is 7.55. The number of hydrogen-bond acceptors (Lipinski definition) is 2. The fourth-order valence-corrected chi connectivity index (χ4v) is 2.79. The van der Waals surface area contributed by atoms with Crippen molar-refractivity contribution in [2.75, 3.05) is 0 Å². The molecule has 1 radical (unpaired) electrons. The molecule has 1 heterocycles. The van der Waals surface area contributed by atoms with Crippen LogP contribution in [0.15, 0.2) is 35.5 Å². The first-order valence-electron chi connectivity index (χ1n) is 7.55. The summed E-state index contributed by atoms with van der Waals surface area (Å²) in [7, 11) is 1.94. The van der Waals surface area contributed by atoms with Gasteiger partial charge in [-0.25, -0.2) is 0 Å². The maximum atomic E-state index is 4.46. The van der Waals surface area contributed by atoms with Crippen LogP contribution in [-0.4, -0.2) is 11.3 Å². The molecule has 1 aliphatic rings. The van der Waals surface area contributed by atoms with E-state index < -0.39 is 0 Å². The van der Waals surface area contributed by atoms with Crippen molar-refractivity contribution in [3.8, 4) is 11.3 Å². The summed E-state index contributed by atoms with van der Waals surface area (Å²) in [5, 5.41) is 4.39. The molecule has 1 aromatic heterocycles. The first kappa shape index (κ1) is 17.4. The van der Waals surface area contributed by atoms with E-state index in [0.717, 1.165) is 16.9 Å². The van der Waals surface area contributed by atoms with E-state index in [1.165, 1.54) is 31.2 Å². The summed E-state index contributed by atoms with van der Waals surface area (Å²) in [6, 6.07) is 11.6. The molecule has 2 aromatic rings. The van der Waals surface area contributed by atoms with Gasteiger partial charge in [0.05, 0.1) is 0 Å². The van der Waals surface area contributed by atoms with Gasteiger partial charge in [0, 0.05) is 32.7 Å². The van der Waals surface area contributed by atoms with Crippen molar-refractivity contribution < 1.29 is 37.4 Å². The molecule has 1 fully saturated rings. The van der Waals surface area contributed by atoms with Gasteiger partial charge in [-0.05, 0) is 5.56 Å². The van der Waals surface area contributed by atoms with Crippen LogP contribution in [-0.2, 0) is 39.8 Å². The second-order valence-corrected chi connectivity index (χ2v) is 5.66. The Balaban J connectivity index is 0.00000176. The molecule has 4 heteroatoms. The fraction of sp³-hybridized carbons (Fsp3) is 0.389. The van der Waals surface area contributed by atoms with Crippen molar-refractivity contribution in [1.82, 2.24) is 5.10 Å². The maximum Gasteiger partial charge on any atom is 0.161 e. The molecule has 0 atom stereocenters. The molecule has 1 aromatic carbocycles. The molecule has 0 N–H and O–H groups in total. The number of aryl methyl sites for hydroxylation is 2. The Morgan fingerprint density at radius 3 is 2.73 bits per heavy atom. The molecule has 111 valence electrons. The molecule has 3 rings (SSSR count). The zero-order valence-electron chi connectivity index (χ0n) is 13.2. The van der Waals surface area contributed by atoms with Gasteiger partial charge in [0.2, 0.25) is 0 Å². The molecule has 1 saturated carbocycles. The zero-order chi connectivity index (χ0) is 14.7. The number of benzene rings is 1. The Bertz CT molecular complexity index is 661. The Morgan fingerprint density at radius 2 is 2.00 bits per heavy atom. The number of hydrogen-bond donors (Lipinski definition) is 0. The summed E-state index contributed by atoms with van der Waals surface area (Å²) in [5.74, 6) is 0.509. The summed E-state index contributed by atoms with van der Waals surface area (Å²) in [5.41, 5.74) is 4.08. The van der Waals surface area contributed by atoms with Gasteiger partial charge in [-0.2, -0.15) is 18.0 Å². The largest absolute Gasteiger partial charge is 0.480 e. The predicted octanol–water partition coefficient (Wildman–Crippen LogP) is 3.45. The van der Waals surface area contributed by atoms with Crippen LogP contribution >= 0.6 is 0 Å². The van der Waals surface area contributed by atoms with E-state index in [1.54, 1.807) is 6.20 Å². The van der Waals surface area contributed by atoms with E-state index in [1.807, 2.05) is 23.9 Å². The minimum absolute atomic E-state index is 0. The summed E-state index contributed by atoms with van der Waals surface area (Å²) in [6.07, 6.45) is 10.0. The van der Waals surface area contributed by atoms with E-state index in [2.05, 4.69) is 41.4 Å². The van der Waals surface area contributed by atoms with E-state index in [-0.39, 0.29) is 32.7 Å². The average Bonchev–Trinajstić information content (AvgIpc) is 3.01. The fourth-order valence-electron chi connectivity index (χ4n) is 2.79. The van der Waals surface area contributed by atoms with Crippen molar-refractivity contribution in [3.05, 3.63) is 42.1 Å². The van der Waals surface area contributed by atoms with Gasteiger partial charge < -0.3 is 4.99 Å². The van der Waals surface area contributed by atoms with Crippen LogP contribution in [0.25, 0.3) is 11.3 Å². The maximum absolute atomic E-state index is 4.46. The third-order valence-electron chi connectivity index (χ3n) is 4.05. The van der Waals surface area contributed by atoms with Gasteiger partial charge in [-0.15, -0.1) is 10.7 Å². The van der Waals surface area contributed by atoms with E-state index in [0.29, 0.717) is 5.92 Å². The van der Waals surface area contributed by atoms with Crippen molar-refractivity contribution in [2.24, 2.45) is 18.0 Å². The van der Waals surface area contributed by atoms with E-state index in [9.17, 15) is 0 Å². The molecule has 1 aliphatic carbocycles. The second kappa shape index (κ2) is 8.07. The number of rotatable bonds is 3. The standard InChI is InChI=1S/C18H20N3.Y/c1-14-7-3-6-10-17(14)18-11-16(13-20-21(18)2)19-12-15-8-4-5-9-15;/h3,6-7,10,13,15H,4-5,8-9H2,1-2H3;/q-1;. The molecule has 0 unspecified atom stereocenters. The normalized spacial score (nSPS) is 15.2. The smallest absolute Gasteiger partial charge is 0.161 e. The molecule has 3 nitrogen and oxygen atoms in total. The SMILES string of the molecule is Cc1ccccc1-c1[c-]c(N=[C-]C2CCCC2)cn[n+]1C.[Y]. The van der Waals surface area contributed by atoms with Crippen LogP contribution in [0.4, 0.5) is 5.69 Å². The van der Waals surface area contributed by atoms with Crippen LogP contribution < -0.4 is 4.68 Å². The number of aromatic nitrogens is 2. The van der Waals surface area contributed by atoms with Crippen LogP contribution in [0.2, 0.25) is 0 Å². The van der Waals surface area contributed by atoms with Gasteiger partial charge in [-0.1, -0.05) is 73.6 Å². The van der Waals surface area contributed by atoms with Crippen LogP contribution in [0.1, 0.15) is 31.2 Å². The molecule has 0 bridgehead atoms. The van der Waals surface area contributed by atoms with Crippen LogP contribution in [0.3, 0.4) is 0 Å². The van der Waals surface area contributed by atoms with E-state index >= 15 is 0 Å².